The lowest BCUT2D eigenvalue weighted by Gasteiger charge is -2.51. The zero-order valence-electron chi connectivity index (χ0n) is 10.8. The van der Waals surface area contributed by atoms with Crippen molar-refractivity contribution in [1.29, 1.82) is 0 Å². The zero-order valence-corrected chi connectivity index (χ0v) is 10.8. The number of nitrogens with zero attached hydrogens (tertiary/aromatic N) is 1. The molecule has 0 unspecified atom stereocenters. The van der Waals surface area contributed by atoms with Crippen LogP contribution in [0.15, 0.2) is 23.9 Å². The van der Waals surface area contributed by atoms with Crippen LogP contribution in [-0.4, -0.2) is 5.78 Å². The van der Waals surface area contributed by atoms with Gasteiger partial charge in [-0.3, -0.25) is 0 Å². The number of fused-ring (bicyclic) bond motifs is 1. The van der Waals surface area contributed by atoms with Gasteiger partial charge in [-0.05, 0) is 30.6 Å². The van der Waals surface area contributed by atoms with Gasteiger partial charge in [0.1, 0.15) is 0 Å². The lowest BCUT2D eigenvalue weighted by molar-refractivity contribution is -0.130. The van der Waals surface area contributed by atoms with E-state index in [1.54, 1.807) is 0 Å². The number of allylic oxidation sites excluding steroid dienone is 3. The van der Waals surface area contributed by atoms with Crippen molar-refractivity contribution < 1.29 is 4.79 Å². The average molecular weight is 229 g/mol. The molecule has 17 heavy (non-hydrogen) atoms. The summed E-state index contributed by atoms with van der Waals surface area (Å²) in [5.41, 5.74) is 1.09. The molecule has 2 aliphatic rings. The fraction of sp³-hybridized carbons (Fsp3) is 0.600. The first-order chi connectivity index (χ1) is 7.81. The molecule has 0 spiro atoms. The summed E-state index contributed by atoms with van der Waals surface area (Å²) < 4.78 is 0. The molecule has 2 atom stereocenters. The van der Waals surface area contributed by atoms with Crippen LogP contribution in [0.1, 0.15) is 40.0 Å². The van der Waals surface area contributed by atoms with Crippen molar-refractivity contribution in [2.75, 3.05) is 0 Å². The molecule has 2 rings (SSSR count). The van der Waals surface area contributed by atoms with Gasteiger partial charge < -0.3 is 4.79 Å². The maximum Gasteiger partial charge on any atom is 0.226 e. The molecule has 0 aliphatic heterocycles. The largest absolute Gasteiger partial charge is 0.307 e. The minimum absolute atomic E-state index is 0.0162. The van der Waals surface area contributed by atoms with Gasteiger partial charge in [0, 0.05) is 5.41 Å². The van der Waals surface area contributed by atoms with E-state index in [2.05, 4.69) is 18.3 Å². The van der Waals surface area contributed by atoms with Gasteiger partial charge in [0.2, 0.25) is 5.70 Å². The monoisotopic (exact) mass is 229 g/mol. The number of hydrogen-bond acceptors (Lipinski definition) is 1. The fourth-order valence-electron chi connectivity index (χ4n) is 3.71. The Hall–Kier alpha value is -1.36. The maximum atomic E-state index is 12.3. The summed E-state index contributed by atoms with van der Waals surface area (Å²) >= 11 is 0. The molecule has 0 amide bonds. The first-order valence-corrected chi connectivity index (χ1v) is 6.13. The number of Topliss-reactive ketones (excluding diaryl/α,β-unsaturated/α-hetero) is 1. The van der Waals surface area contributed by atoms with Crippen molar-refractivity contribution in [2.24, 2.45) is 16.7 Å². The summed E-state index contributed by atoms with van der Waals surface area (Å²) in [6, 6.07) is 0. The number of ketones is 1. The van der Waals surface area contributed by atoms with Crippen LogP contribution in [0.3, 0.4) is 0 Å². The summed E-state index contributed by atoms with van der Waals surface area (Å²) in [5, 5.41) is 0. The van der Waals surface area contributed by atoms with Gasteiger partial charge >= 0.3 is 0 Å². The van der Waals surface area contributed by atoms with E-state index < -0.39 is 5.41 Å². The van der Waals surface area contributed by atoms with E-state index in [0.717, 1.165) is 19.3 Å². The molecule has 90 valence electrons. The van der Waals surface area contributed by atoms with E-state index in [0.29, 0.717) is 11.6 Å². The van der Waals surface area contributed by atoms with Gasteiger partial charge in [-0.1, -0.05) is 39.0 Å². The summed E-state index contributed by atoms with van der Waals surface area (Å²) in [4.78, 5) is 15.7. The smallest absolute Gasteiger partial charge is 0.226 e. The Morgan fingerprint density at radius 3 is 2.71 bits per heavy atom. The summed E-state index contributed by atoms with van der Waals surface area (Å²) in [7, 11) is 0. The molecule has 0 saturated heterocycles. The van der Waals surface area contributed by atoms with Gasteiger partial charge in [-0.15, -0.1) is 0 Å². The third kappa shape index (κ3) is 1.65. The van der Waals surface area contributed by atoms with Gasteiger partial charge in [0.25, 0.3) is 0 Å². The lowest BCUT2D eigenvalue weighted by Crippen LogP contribution is -2.48. The molecule has 0 heterocycles. The van der Waals surface area contributed by atoms with E-state index >= 15 is 0 Å². The van der Waals surface area contributed by atoms with Crippen LogP contribution in [0, 0.1) is 23.3 Å². The van der Waals surface area contributed by atoms with Gasteiger partial charge in [0.15, 0.2) is 5.78 Å². The predicted molar refractivity (Wildman–Crippen MR) is 68.1 cm³/mol. The summed E-state index contributed by atoms with van der Waals surface area (Å²) in [6.07, 6.45) is 4.84. The average Bonchev–Trinajstić information content (AvgIpc) is 2.23. The Bertz CT molecular complexity index is 464. The van der Waals surface area contributed by atoms with Crippen LogP contribution < -0.4 is 0 Å². The van der Waals surface area contributed by atoms with Crippen LogP contribution in [0.4, 0.5) is 0 Å². The third-order valence-electron chi connectivity index (χ3n) is 4.49. The van der Waals surface area contributed by atoms with Crippen molar-refractivity contribution in [1.82, 2.24) is 0 Å². The highest BCUT2D eigenvalue weighted by Gasteiger charge is 2.52. The molecule has 1 fully saturated rings. The molecule has 1 saturated carbocycles. The van der Waals surface area contributed by atoms with E-state index in [-0.39, 0.29) is 11.2 Å². The van der Waals surface area contributed by atoms with Crippen molar-refractivity contribution in [3.05, 3.63) is 35.3 Å². The molecule has 2 heteroatoms. The van der Waals surface area contributed by atoms with Crippen LogP contribution in [-0.2, 0) is 4.79 Å². The van der Waals surface area contributed by atoms with E-state index in [1.807, 2.05) is 19.9 Å². The highest BCUT2D eigenvalue weighted by molar-refractivity contribution is 6.02. The maximum absolute atomic E-state index is 12.3. The first kappa shape index (κ1) is 12.1. The van der Waals surface area contributed by atoms with Gasteiger partial charge in [0.05, 0.1) is 6.57 Å². The Labute approximate surface area is 103 Å². The minimum Gasteiger partial charge on any atom is -0.307 e. The van der Waals surface area contributed by atoms with Crippen molar-refractivity contribution in [3.63, 3.8) is 0 Å². The molecule has 2 nitrogen and oxygen atoms in total. The van der Waals surface area contributed by atoms with Crippen molar-refractivity contribution in [2.45, 2.75) is 40.0 Å². The zero-order chi connectivity index (χ0) is 12.8. The molecule has 2 aliphatic carbocycles. The standard InChI is InChI=1S/C15H19NO/c1-10-6-7-12-14(2,3)13(17)11(16-5)9-15(12,4)8-10/h9,12H,1,6-8H2,2-4H3/t12-,15-/m0/s1. The van der Waals surface area contributed by atoms with E-state index in [1.165, 1.54) is 5.57 Å². The Morgan fingerprint density at radius 1 is 1.47 bits per heavy atom. The molecule has 0 aromatic carbocycles. The molecule has 0 bridgehead atoms. The first-order valence-electron chi connectivity index (χ1n) is 6.13. The van der Waals surface area contributed by atoms with Gasteiger partial charge in [-0.25, -0.2) is 4.85 Å². The second-order valence-electron chi connectivity index (χ2n) is 6.22. The molecule has 0 aromatic heterocycles. The van der Waals surface area contributed by atoms with Crippen LogP contribution in [0.2, 0.25) is 0 Å². The Morgan fingerprint density at radius 2 is 2.12 bits per heavy atom. The normalized spacial score (nSPS) is 35.9. The van der Waals surface area contributed by atoms with Crippen LogP contribution >= 0.6 is 0 Å². The second-order valence-corrected chi connectivity index (χ2v) is 6.22. The number of hydrogen-bond donors (Lipinski definition) is 0. The summed E-state index contributed by atoms with van der Waals surface area (Å²) in [6.45, 7) is 17.4. The SMILES string of the molecule is [C-]#[N+]C1=C[C@]2(C)CC(=C)CC[C@H]2C(C)(C)C1=O. The molecular formula is C15H19NO. The molecular weight excluding hydrogens is 210 g/mol. The highest BCUT2D eigenvalue weighted by atomic mass is 16.1. The van der Waals surface area contributed by atoms with Crippen molar-refractivity contribution in [3.8, 4) is 0 Å². The number of carbonyl (C=O) groups excluding carboxylic acids is 1. The number of carbonyl (C=O) groups is 1. The second kappa shape index (κ2) is 3.57. The minimum atomic E-state index is -0.413. The topological polar surface area (TPSA) is 21.4 Å². The predicted octanol–water partition coefficient (Wildman–Crippen LogP) is 3.76. The molecule has 0 radical (unpaired) electrons. The summed E-state index contributed by atoms with van der Waals surface area (Å²) in [5.74, 6) is 0.348. The third-order valence-corrected chi connectivity index (χ3v) is 4.49. The van der Waals surface area contributed by atoms with Crippen LogP contribution in [0.25, 0.3) is 4.85 Å². The van der Waals surface area contributed by atoms with Crippen molar-refractivity contribution >= 4 is 5.78 Å². The Balaban J connectivity index is 2.55. The van der Waals surface area contributed by atoms with Crippen LogP contribution in [0.5, 0.6) is 0 Å². The molecule has 0 aromatic rings. The lowest BCUT2D eigenvalue weighted by atomic mass is 9.53. The van der Waals surface area contributed by atoms with Gasteiger partial charge in [-0.2, -0.15) is 0 Å². The quantitative estimate of drug-likeness (QED) is 0.458. The number of rotatable bonds is 0. The Kier molecular flexibility index (Phi) is 2.54. The molecule has 0 N–H and O–H groups in total. The van der Waals surface area contributed by atoms with E-state index in [9.17, 15) is 4.79 Å². The van der Waals surface area contributed by atoms with E-state index in [4.69, 9.17) is 6.57 Å². The highest BCUT2D eigenvalue weighted by Crippen LogP contribution is 2.56. The fourth-order valence-corrected chi connectivity index (χ4v) is 3.71.